The summed E-state index contributed by atoms with van der Waals surface area (Å²) in [6.45, 7) is -5.87. The number of hydrogen-bond acceptors (Lipinski definition) is 13. The minimum Gasteiger partial charge on any atom is -0.397 e. The van der Waals surface area contributed by atoms with Crippen LogP contribution in [0.2, 0.25) is 0 Å². The highest BCUT2D eigenvalue weighted by molar-refractivity contribution is 8.07. The molecule has 0 saturated carbocycles. The van der Waals surface area contributed by atoms with Gasteiger partial charge >= 0.3 is 14.5 Å². The van der Waals surface area contributed by atoms with Gasteiger partial charge in [0.1, 0.15) is 29.9 Å². The summed E-state index contributed by atoms with van der Waals surface area (Å²) in [4.78, 5) is 48.4. The molecule has 3 saturated heterocycles. The van der Waals surface area contributed by atoms with Crippen molar-refractivity contribution in [1.82, 2.24) is 29.1 Å². The third-order valence-electron chi connectivity index (χ3n) is 7.39. The molecule has 7 rings (SSSR count). The Morgan fingerprint density at radius 2 is 1.68 bits per heavy atom. The smallest absolute Gasteiger partial charge is 0.397 e. The summed E-state index contributed by atoms with van der Waals surface area (Å²) in [6, 6.07) is 2.97. The number of rotatable bonds is 2. The summed E-state index contributed by atoms with van der Waals surface area (Å²) in [6.07, 6.45) is -8.45. The number of nitrogens with zero attached hydrogens (tertiary/aromatic N) is 5. The number of phosphoric ester groups is 1. The number of hydrogen-bond donors (Lipinski definition) is 4. The molecule has 0 aliphatic carbocycles. The van der Waals surface area contributed by atoms with Gasteiger partial charge in [0.15, 0.2) is 36.0 Å². The van der Waals surface area contributed by atoms with Gasteiger partial charge in [0.05, 0.1) is 37.1 Å². The highest BCUT2D eigenvalue weighted by Crippen LogP contribution is 2.54. The first-order valence-electron chi connectivity index (χ1n) is 12.9. The average molecular weight is 677 g/mol. The van der Waals surface area contributed by atoms with Gasteiger partial charge in [-0.3, -0.25) is 22.9 Å². The number of alkyl halides is 2. The SMILES string of the molecule is Nc1ccnc2c1ncn2[C@@H]1O[C@@H]2COP(=O)(O)O[C@@H]3[C@@H](F)[C@@H](COP(O)(=S)O[C@H]2[C@@H]1F)O[C@H]3n1cnc2c(=O)[nH]ccc21. The summed E-state index contributed by atoms with van der Waals surface area (Å²) >= 11 is 5.10. The third-order valence-corrected chi connectivity index (χ3v) is 9.93. The molecular formula is C22H23F2N7O10P2S. The summed E-state index contributed by atoms with van der Waals surface area (Å²) in [5.41, 5.74) is 6.31. The molecule has 10 atom stereocenters. The van der Waals surface area contributed by atoms with Crippen molar-refractivity contribution < 1.29 is 50.7 Å². The van der Waals surface area contributed by atoms with Crippen molar-refractivity contribution in [1.29, 1.82) is 0 Å². The zero-order chi connectivity index (χ0) is 31.0. The molecule has 0 radical (unpaired) electrons. The Balaban J connectivity index is 1.20. The van der Waals surface area contributed by atoms with Crippen LogP contribution in [0.3, 0.4) is 0 Å². The van der Waals surface area contributed by atoms with Crippen LogP contribution in [0.4, 0.5) is 14.5 Å². The second-order valence-electron chi connectivity index (χ2n) is 10.1. The number of phosphoric acid groups is 1. The molecule has 17 nitrogen and oxygen atoms in total. The number of nitrogens with one attached hydrogen (secondary N) is 1. The van der Waals surface area contributed by atoms with E-state index in [1.165, 1.54) is 46.3 Å². The molecule has 44 heavy (non-hydrogen) atoms. The maximum atomic E-state index is 15.9. The van der Waals surface area contributed by atoms with Crippen molar-refractivity contribution in [3.8, 4) is 0 Å². The number of aromatic amines is 1. The minimum absolute atomic E-state index is 0.00892. The number of pyridine rings is 2. The van der Waals surface area contributed by atoms with Crippen molar-refractivity contribution >= 4 is 54.2 Å². The largest absolute Gasteiger partial charge is 0.472 e. The Morgan fingerprint density at radius 3 is 2.50 bits per heavy atom. The topological polar surface area (TPSA) is 220 Å². The number of nitrogens with two attached hydrogens (primary N) is 1. The Kier molecular flexibility index (Phi) is 7.46. The first kappa shape index (κ1) is 29.9. The van der Waals surface area contributed by atoms with Gasteiger partial charge in [-0.1, -0.05) is 0 Å². The molecule has 2 unspecified atom stereocenters. The Bertz CT molecular complexity index is 1890. The van der Waals surface area contributed by atoms with E-state index in [2.05, 4.69) is 19.9 Å². The van der Waals surface area contributed by atoms with Crippen LogP contribution in [-0.4, -0.2) is 88.8 Å². The van der Waals surface area contributed by atoms with Crippen LogP contribution in [0.1, 0.15) is 12.5 Å². The Labute approximate surface area is 249 Å². The lowest BCUT2D eigenvalue weighted by atomic mass is 10.1. The summed E-state index contributed by atoms with van der Waals surface area (Å²) in [7, 11) is -5.12. The van der Waals surface area contributed by atoms with Crippen LogP contribution in [0.25, 0.3) is 22.2 Å². The van der Waals surface area contributed by atoms with Gasteiger partial charge in [0.25, 0.3) is 5.56 Å². The first-order valence-corrected chi connectivity index (χ1v) is 17.0. The van der Waals surface area contributed by atoms with E-state index >= 15 is 8.78 Å². The van der Waals surface area contributed by atoms with Gasteiger partial charge in [-0.05, 0) is 23.9 Å². The summed E-state index contributed by atoms with van der Waals surface area (Å²) in [5, 5.41) is 0. The van der Waals surface area contributed by atoms with Crippen LogP contribution in [-0.2, 0) is 43.9 Å². The molecule has 3 aliphatic heterocycles. The highest BCUT2D eigenvalue weighted by Gasteiger charge is 2.54. The molecule has 7 heterocycles. The monoisotopic (exact) mass is 677 g/mol. The third kappa shape index (κ3) is 5.19. The zero-order valence-electron chi connectivity index (χ0n) is 22.0. The summed E-state index contributed by atoms with van der Waals surface area (Å²) in [5.74, 6) is 0. The van der Waals surface area contributed by atoms with Crippen molar-refractivity contribution in [2.45, 2.75) is 49.2 Å². The minimum atomic E-state index is -5.12. The van der Waals surface area contributed by atoms with Crippen molar-refractivity contribution in [3.63, 3.8) is 0 Å². The Morgan fingerprint density at radius 1 is 0.955 bits per heavy atom. The number of fused-ring (bicyclic) bond motifs is 5. The van der Waals surface area contributed by atoms with Crippen LogP contribution in [0.5, 0.6) is 0 Å². The highest BCUT2D eigenvalue weighted by atomic mass is 32.5. The van der Waals surface area contributed by atoms with Crippen LogP contribution in [0.15, 0.2) is 42.0 Å². The lowest BCUT2D eigenvalue weighted by Gasteiger charge is -2.26. The molecule has 236 valence electrons. The van der Waals surface area contributed by atoms with Gasteiger partial charge < -0.3 is 39.1 Å². The molecule has 3 fully saturated rings. The van der Waals surface area contributed by atoms with E-state index in [0.29, 0.717) is 0 Å². The van der Waals surface area contributed by atoms with E-state index in [1.807, 2.05) is 0 Å². The fraction of sp³-hybridized carbons (Fsp3) is 0.455. The number of H-pyrrole nitrogens is 1. The van der Waals surface area contributed by atoms with Gasteiger partial charge in [0, 0.05) is 12.4 Å². The second-order valence-corrected chi connectivity index (χ2v) is 14.3. The molecule has 0 spiro atoms. The molecule has 4 aromatic rings. The molecule has 3 aliphatic rings. The lowest BCUT2D eigenvalue weighted by molar-refractivity contribution is -0.0640. The molecule has 22 heteroatoms. The molecule has 2 bridgehead atoms. The number of anilines is 1. The van der Waals surface area contributed by atoms with Gasteiger partial charge in [-0.25, -0.2) is 28.3 Å². The summed E-state index contributed by atoms with van der Waals surface area (Å²) < 4.78 is 80.1. The lowest BCUT2D eigenvalue weighted by Crippen LogP contribution is -2.34. The standard InChI is InChI=1S/C22H23F2N7O10P2S/c23-13-11-5-37-43(35,44)41-17-12(39-21(14(17)24)31-8-28-15-9(25)1-3-26-19(15)31)6-36-42(33,34)40-18(13)22(38-11)30-7-29-16-10(30)2-4-27-20(16)32/h1-4,7-8,11-14,17-18,21-22H,5-6H2,(H2,25,26)(H,27,32)(H,33,34)(H,35,44)/t11-,12-,13+,14+,17-,18-,21-,22-,43?/m1/s1. The van der Waals surface area contributed by atoms with Crippen LogP contribution >= 0.6 is 14.5 Å². The van der Waals surface area contributed by atoms with E-state index in [9.17, 15) is 19.1 Å². The predicted molar refractivity (Wildman–Crippen MR) is 148 cm³/mol. The fourth-order valence-corrected chi connectivity index (χ4v) is 7.73. The van der Waals surface area contributed by atoms with Gasteiger partial charge in [-0.15, -0.1) is 0 Å². The quantitative estimate of drug-likeness (QED) is 0.220. The van der Waals surface area contributed by atoms with Crippen molar-refractivity contribution in [2.75, 3.05) is 18.9 Å². The normalized spacial score (nSPS) is 38.3. The number of halogens is 2. The van der Waals surface area contributed by atoms with E-state index in [0.717, 1.165) is 0 Å². The van der Waals surface area contributed by atoms with Gasteiger partial charge in [-0.2, -0.15) is 0 Å². The fourth-order valence-electron chi connectivity index (χ4n) is 5.36. The number of imidazole rings is 2. The molecule has 0 aromatic carbocycles. The second kappa shape index (κ2) is 11.0. The molecule has 5 N–H and O–H groups in total. The molecule has 4 aromatic heterocycles. The predicted octanol–water partition coefficient (Wildman–Crippen LogP) is 1.36. The first-order chi connectivity index (χ1) is 20.9. The number of aromatic nitrogens is 6. The zero-order valence-corrected chi connectivity index (χ0v) is 24.6. The van der Waals surface area contributed by atoms with E-state index in [-0.39, 0.29) is 27.9 Å². The van der Waals surface area contributed by atoms with Crippen LogP contribution < -0.4 is 11.3 Å². The maximum absolute atomic E-state index is 15.9. The van der Waals surface area contributed by atoms with Gasteiger partial charge in [0.2, 0.25) is 0 Å². The van der Waals surface area contributed by atoms with Crippen LogP contribution in [0, 0.1) is 0 Å². The van der Waals surface area contributed by atoms with E-state index in [4.69, 9.17) is 45.1 Å². The van der Waals surface area contributed by atoms with Crippen molar-refractivity contribution in [3.05, 3.63) is 47.5 Å². The molecular weight excluding hydrogens is 654 g/mol. The Hall–Kier alpha value is -2.74. The number of ether oxygens (including phenoxy) is 2. The number of nitrogen functional groups attached to an aromatic ring is 1. The van der Waals surface area contributed by atoms with E-state index < -0.39 is 82.5 Å². The average Bonchev–Trinajstić information content (AvgIpc) is 3.73. The maximum Gasteiger partial charge on any atom is 0.472 e. The molecule has 0 amide bonds. The van der Waals surface area contributed by atoms with E-state index in [1.54, 1.807) is 0 Å². The van der Waals surface area contributed by atoms with Crippen molar-refractivity contribution in [2.24, 2.45) is 0 Å².